The summed E-state index contributed by atoms with van der Waals surface area (Å²) in [6, 6.07) is 18.2. The summed E-state index contributed by atoms with van der Waals surface area (Å²) in [5, 5.41) is 4.49. The number of nitrogens with zero attached hydrogens (tertiary/aromatic N) is 1. The highest BCUT2D eigenvalue weighted by Crippen LogP contribution is 2.28. The Labute approximate surface area is 184 Å². The van der Waals surface area contributed by atoms with Crippen molar-refractivity contribution >= 4 is 23.7 Å². The van der Waals surface area contributed by atoms with Crippen LogP contribution in [0.1, 0.15) is 11.1 Å². The minimum absolute atomic E-state index is 0.0696. The quantitative estimate of drug-likeness (QED) is 0.388. The molecule has 0 aliphatic heterocycles. The average Bonchev–Trinajstić information content (AvgIpc) is 2.78. The van der Waals surface area contributed by atoms with Gasteiger partial charge in [0.2, 0.25) is 0 Å². The van der Waals surface area contributed by atoms with E-state index in [-0.39, 0.29) is 19.0 Å². The molecule has 0 aliphatic rings. The molecule has 31 heavy (non-hydrogen) atoms. The summed E-state index contributed by atoms with van der Waals surface area (Å²) in [6.45, 7) is -0.120. The second-order valence-electron chi connectivity index (χ2n) is 6.33. The zero-order chi connectivity index (χ0) is 22.1. The van der Waals surface area contributed by atoms with Gasteiger partial charge in [-0.2, -0.15) is 5.10 Å². The first-order valence-corrected chi connectivity index (χ1v) is 9.67. The highest BCUT2D eigenvalue weighted by atomic mass is 35.5. The molecule has 0 unspecified atom stereocenters. The van der Waals surface area contributed by atoms with Crippen LogP contribution >= 0.6 is 11.6 Å². The number of rotatable bonds is 9. The largest absolute Gasteiger partial charge is 0.493 e. The molecule has 6 nitrogen and oxygen atoms in total. The Morgan fingerprint density at radius 1 is 1.06 bits per heavy atom. The molecular weight excluding hydrogens is 423 g/mol. The van der Waals surface area contributed by atoms with Gasteiger partial charge in [-0.1, -0.05) is 29.8 Å². The van der Waals surface area contributed by atoms with E-state index in [1.165, 1.54) is 19.4 Å². The van der Waals surface area contributed by atoms with Gasteiger partial charge in [-0.3, -0.25) is 4.79 Å². The molecule has 3 rings (SSSR count). The Balaban J connectivity index is 1.52. The smallest absolute Gasteiger partial charge is 0.277 e. The van der Waals surface area contributed by atoms with Gasteiger partial charge in [0.05, 0.1) is 13.3 Å². The first-order chi connectivity index (χ1) is 15.0. The number of methoxy groups -OCH3 is 1. The number of amides is 1. The predicted molar refractivity (Wildman–Crippen MR) is 116 cm³/mol. The molecule has 3 aromatic carbocycles. The topological polar surface area (TPSA) is 69.2 Å². The number of hydrazone groups is 1. The Morgan fingerprint density at radius 2 is 1.84 bits per heavy atom. The van der Waals surface area contributed by atoms with Gasteiger partial charge in [0.25, 0.3) is 5.91 Å². The summed E-state index contributed by atoms with van der Waals surface area (Å²) in [5.41, 5.74) is 3.50. The summed E-state index contributed by atoms with van der Waals surface area (Å²) >= 11 is 5.80. The fraction of sp³-hybridized carbons (Fsp3) is 0.130. The van der Waals surface area contributed by atoms with Crippen LogP contribution in [0.3, 0.4) is 0 Å². The van der Waals surface area contributed by atoms with Crippen molar-refractivity contribution in [1.29, 1.82) is 0 Å². The van der Waals surface area contributed by atoms with Crippen LogP contribution in [-0.4, -0.2) is 25.8 Å². The SMILES string of the molecule is COc1cc(/C=N\NC(=O)COc2ccc(Cl)cc2)ccc1OCc1ccccc1F. The fourth-order valence-corrected chi connectivity index (χ4v) is 2.67. The molecule has 0 saturated heterocycles. The van der Waals surface area contributed by atoms with Crippen molar-refractivity contribution in [2.24, 2.45) is 5.10 Å². The monoisotopic (exact) mass is 442 g/mol. The third kappa shape index (κ3) is 6.72. The van der Waals surface area contributed by atoms with Crippen LogP contribution in [0.25, 0.3) is 0 Å². The molecule has 0 heterocycles. The van der Waals surface area contributed by atoms with Crippen molar-refractivity contribution in [3.05, 3.63) is 88.7 Å². The van der Waals surface area contributed by atoms with Gasteiger partial charge in [-0.15, -0.1) is 0 Å². The lowest BCUT2D eigenvalue weighted by atomic mass is 10.2. The molecule has 0 atom stereocenters. The Kier molecular flexibility index (Phi) is 7.84. The molecule has 0 aliphatic carbocycles. The van der Waals surface area contributed by atoms with E-state index in [0.29, 0.717) is 33.4 Å². The van der Waals surface area contributed by atoms with Gasteiger partial charge in [0.1, 0.15) is 18.2 Å². The van der Waals surface area contributed by atoms with Gasteiger partial charge >= 0.3 is 0 Å². The number of carbonyl (C=O) groups excluding carboxylic acids is 1. The summed E-state index contributed by atoms with van der Waals surface area (Å²) < 4.78 is 30.1. The van der Waals surface area contributed by atoms with E-state index in [9.17, 15) is 9.18 Å². The number of hydrogen-bond donors (Lipinski definition) is 1. The lowest BCUT2D eigenvalue weighted by Crippen LogP contribution is -2.24. The maximum Gasteiger partial charge on any atom is 0.277 e. The summed E-state index contributed by atoms with van der Waals surface area (Å²) in [5.74, 6) is 0.698. The van der Waals surface area contributed by atoms with Crippen molar-refractivity contribution in [2.75, 3.05) is 13.7 Å². The van der Waals surface area contributed by atoms with E-state index < -0.39 is 5.91 Å². The average molecular weight is 443 g/mol. The lowest BCUT2D eigenvalue weighted by Gasteiger charge is -2.11. The zero-order valence-electron chi connectivity index (χ0n) is 16.7. The normalized spacial score (nSPS) is 10.7. The Morgan fingerprint density at radius 3 is 2.58 bits per heavy atom. The summed E-state index contributed by atoms with van der Waals surface area (Å²) in [7, 11) is 1.50. The number of hydrogen-bond acceptors (Lipinski definition) is 5. The van der Waals surface area contributed by atoms with Crippen molar-refractivity contribution in [3.63, 3.8) is 0 Å². The number of halogens is 2. The fourth-order valence-electron chi connectivity index (χ4n) is 2.55. The molecule has 0 fully saturated rings. The molecule has 0 bridgehead atoms. The van der Waals surface area contributed by atoms with Crippen LogP contribution in [0, 0.1) is 5.82 Å². The Bertz CT molecular complexity index is 1060. The van der Waals surface area contributed by atoms with Crippen molar-refractivity contribution in [1.82, 2.24) is 5.43 Å². The molecule has 8 heteroatoms. The van der Waals surface area contributed by atoms with E-state index >= 15 is 0 Å². The van der Waals surface area contributed by atoms with Crippen LogP contribution in [0.4, 0.5) is 4.39 Å². The highest BCUT2D eigenvalue weighted by molar-refractivity contribution is 6.30. The second kappa shape index (κ2) is 11.0. The highest BCUT2D eigenvalue weighted by Gasteiger charge is 2.08. The van der Waals surface area contributed by atoms with Gasteiger partial charge in [-0.05, 0) is 54.1 Å². The number of ether oxygens (including phenoxy) is 3. The van der Waals surface area contributed by atoms with Gasteiger partial charge in [0, 0.05) is 10.6 Å². The number of benzene rings is 3. The zero-order valence-corrected chi connectivity index (χ0v) is 17.4. The number of nitrogens with one attached hydrogen (secondary N) is 1. The van der Waals surface area contributed by atoms with E-state index in [1.54, 1.807) is 60.7 Å². The minimum atomic E-state index is -0.414. The van der Waals surface area contributed by atoms with E-state index in [2.05, 4.69) is 10.5 Å². The molecular formula is C23H20ClFN2O4. The molecule has 1 amide bonds. The molecule has 0 saturated carbocycles. The standard InChI is InChI=1S/C23H20ClFN2O4/c1-29-22-12-16(6-11-21(22)31-14-17-4-2-3-5-20(17)25)13-26-27-23(28)15-30-19-9-7-18(24)8-10-19/h2-13H,14-15H2,1H3,(H,27,28)/b26-13-. The van der Waals surface area contributed by atoms with Gasteiger partial charge in [-0.25, -0.2) is 9.82 Å². The molecule has 0 aromatic heterocycles. The minimum Gasteiger partial charge on any atom is -0.493 e. The van der Waals surface area contributed by atoms with E-state index in [0.717, 1.165) is 0 Å². The van der Waals surface area contributed by atoms with Crippen LogP contribution in [0.2, 0.25) is 5.02 Å². The first kappa shape index (κ1) is 22.1. The number of carbonyl (C=O) groups is 1. The molecule has 0 spiro atoms. The van der Waals surface area contributed by atoms with Crippen molar-refractivity contribution < 1.29 is 23.4 Å². The van der Waals surface area contributed by atoms with Crippen LogP contribution < -0.4 is 19.6 Å². The van der Waals surface area contributed by atoms with Gasteiger partial charge < -0.3 is 14.2 Å². The van der Waals surface area contributed by atoms with Crippen LogP contribution in [-0.2, 0) is 11.4 Å². The predicted octanol–water partition coefficient (Wildman–Crippen LogP) is 4.60. The lowest BCUT2D eigenvalue weighted by molar-refractivity contribution is -0.123. The van der Waals surface area contributed by atoms with Crippen LogP contribution in [0.15, 0.2) is 71.8 Å². The van der Waals surface area contributed by atoms with E-state index in [1.807, 2.05) is 0 Å². The molecule has 3 aromatic rings. The molecule has 0 radical (unpaired) electrons. The van der Waals surface area contributed by atoms with Crippen molar-refractivity contribution in [3.8, 4) is 17.2 Å². The van der Waals surface area contributed by atoms with Crippen LogP contribution in [0.5, 0.6) is 17.2 Å². The summed E-state index contributed by atoms with van der Waals surface area (Å²) in [4.78, 5) is 11.8. The molecule has 1 N–H and O–H groups in total. The Hall–Kier alpha value is -3.58. The third-order valence-electron chi connectivity index (χ3n) is 4.12. The first-order valence-electron chi connectivity index (χ1n) is 9.29. The maximum atomic E-state index is 13.7. The summed E-state index contributed by atoms with van der Waals surface area (Å²) in [6.07, 6.45) is 1.46. The second-order valence-corrected chi connectivity index (χ2v) is 6.76. The molecule has 160 valence electrons. The third-order valence-corrected chi connectivity index (χ3v) is 4.37. The van der Waals surface area contributed by atoms with E-state index in [4.69, 9.17) is 25.8 Å². The van der Waals surface area contributed by atoms with Gasteiger partial charge in [0.15, 0.2) is 18.1 Å². The maximum absolute atomic E-state index is 13.7. The van der Waals surface area contributed by atoms with Crippen molar-refractivity contribution in [2.45, 2.75) is 6.61 Å².